The zero-order valence-corrected chi connectivity index (χ0v) is 17.5. The normalized spacial score (nSPS) is 12.5. The fourth-order valence-corrected chi connectivity index (χ4v) is 4.59. The lowest BCUT2D eigenvalue weighted by Crippen LogP contribution is -2.02. The van der Waals surface area contributed by atoms with Gasteiger partial charge in [-0.3, -0.25) is 4.79 Å². The average Bonchev–Trinajstić information content (AvgIpc) is 3.10. The van der Waals surface area contributed by atoms with E-state index in [0.717, 1.165) is 34.6 Å². The summed E-state index contributed by atoms with van der Waals surface area (Å²) in [5, 5.41) is 6.78. The van der Waals surface area contributed by atoms with E-state index >= 15 is 0 Å². The number of rotatable bonds is 4. The van der Waals surface area contributed by atoms with Gasteiger partial charge in [-0.05, 0) is 37.3 Å². The van der Waals surface area contributed by atoms with Crippen LogP contribution in [0.15, 0.2) is 23.4 Å². The monoisotopic (exact) mass is 417 g/mol. The number of hydrogen-bond donors (Lipinski definition) is 4. The molecule has 0 spiro atoms. The number of fused-ring (bicyclic) bond motifs is 3. The molecule has 2 aromatic heterocycles. The maximum absolute atomic E-state index is 9.06. The highest BCUT2D eigenvalue weighted by molar-refractivity contribution is 7.80. The quantitative estimate of drug-likeness (QED) is 0.294. The smallest absolute Gasteiger partial charge is 0.206 e. The van der Waals surface area contributed by atoms with Gasteiger partial charge in [0, 0.05) is 28.6 Å². The van der Waals surface area contributed by atoms with E-state index in [9.17, 15) is 0 Å². The molecule has 3 aromatic rings. The summed E-state index contributed by atoms with van der Waals surface area (Å²) in [5.41, 5.74) is 8.69. The van der Waals surface area contributed by atoms with Gasteiger partial charge in [-0.1, -0.05) is 0 Å². The molecular formula is C19H23N5O2S2. The Balaban J connectivity index is 0.000000516. The number of carbonyl (C=O) groups excluding carboxylic acids is 1. The Morgan fingerprint density at radius 3 is 2.75 bits per heavy atom. The number of carbonyl (C=O) groups is 1. The van der Waals surface area contributed by atoms with Crippen LogP contribution in [0.3, 0.4) is 0 Å². The highest BCUT2D eigenvalue weighted by atomic mass is 32.1. The molecule has 0 fully saturated rings. The highest BCUT2D eigenvalue weighted by Gasteiger charge is 2.20. The van der Waals surface area contributed by atoms with Crippen molar-refractivity contribution in [2.75, 3.05) is 25.2 Å². The Kier molecular flexibility index (Phi) is 6.58. The molecule has 4 rings (SSSR count). The summed E-state index contributed by atoms with van der Waals surface area (Å²) in [4.78, 5) is 21.2. The lowest BCUT2D eigenvalue weighted by atomic mass is 9.97. The van der Waals surface area contributed by atoms with E-state index in [1.807, 2.05) is 6.07 Å². The second-order valence-corrected chi connectivity index (χ2v) is 7.82. The number of nitrogens with zero attached hydrogens (tertiary/aromatic N) is 2. The van der Waals surface area contributed by atoms with Crippen molar-refractivity contribution in [3.05, 3.63) is 28.9 Å². The predicted octanol–water partition coefficient (Wildman–Crippen LogP) is 3.56. The van der Waals surface area contributed by atoms with Crippen LogP contribution in [0.1, 0.15) is 23.3 Å². The Morgan fingerprint density at radius 1 is 1.29 bits per heavy atom. The molecule has 2 heterocycles. The van der Waals surface area contributed by atoms with Crippen molar-refractivity contribution in [1.82, 2.24) is 15.3 Å². The van der Waals surface area contributed by atoms with Crippen LogP contribution in [-0.2, 0) is 17.6 Å². The summed E-state index contributed by atoms with van der Waals surface area (Å²) >= 11 is 6.19. The first-order chi connectivity index (χ1) is 13.6. The van der Waals surface area contributed by atoms with Crippen LogP contribution in [0.2, 0.25) is 0 Å². The zero-order valence-electron chi connectivity index (χ0n) is 15.8. The maximum atomic E-state index is 9.06. The molecule has 1 aliphatic rings. The third kappa shape index (κ3) is 4.15. The summed E-state index contributed by atoms with van der Waals surface area (Å²) in [6.45, 7) is 0. The second-order valence-electron chi connectivity index (χ2n) is 6.26. The summed E-state index contributed by atoms with van der Waals surface area (Å²) < 4.78 is 5.44. The van der Waals surface area contributed by atoms with Crippen LogP contribution in [0, 0.1) is 0 Å². The first kappa shape index (κ1) is 20.2. The number of nitrogen functional groups attached to an aromatic ring is 1. The van der Waals surface area contributed by atoms with Crippen LogP contribution in [-0.4, -0.2) is 30.5 Å². The minimum absolute atomic E-state index is 0.585. The van der Waals surface area contributed by atoms with Gasteiger partial charge in [0.25, 0.3) is 0 Å². The number of hydrogen-bond acceptors (Lipinski definition) is 8. The van der Waals surface area contributed by atoms with E-state index in [-0.39, 0.29) is 0 Å². The Hall–Kier alpha value is -2.52. The number of ether oxygens (including phenoxy) is 1. The number of thiol groups is 1. The van der Waals surface area contributed by atoms with E-state index in [4.69, 9.17) is 15.3 Å². The van der Waals surface area contributed by atoms with Gasteiger partial charge in [-0.15, -0.1) is 24.0 Å². The van der Waals surface area contributed by atoms with Gasteiger partial charge < -0.3 is 21.1 Å². The van der Waals surface area contributed by atoms with E-state index in [1.165, 1.54) is 23.3 Å². The minimum Gasteiger partial charge on any atom is -0.494 e. The number of amides is 1. The highest BCUT2D eigenvalue weighted by Crippen LogP contribution is 2.40. The van der Waals surface area contributed by atoms with Crippen molar-refractivity contribution < 1.29 is 9.53 Å². The molecule has 0 unspecified atom stereocenters. The molecule has 1 aliphatic carbocycles. The molecule has 7 nitrogen and oxygen atoms in total. The molecule has 0 bridgehead atoms. The second kappa shape index (κ2) is 9.11. The summed E-state index contributed by atoms with van der Waals surface area (Å²) in [5.74, 6) is 1.48. The first-order valence-electron chi connectivity index (χ1n) is 8.88. The zero-order chi connectivity index (χ0) is 20.1. The number of nitrogens with one attached hydrogen (secondary N) is 2. The molecule has 28 heavy (non-hydrogen) atoms. The minimum atomic E-state index is 0.585. The van der Waals surface area contributed by atoms with Gasteiger partial charge in [-0.2, -0.15) is 0 Å². The largest absolute Gasteiger partial charge is 0.494 e. The lowest BCUT2D eigenvalue weighted by Gasteiger charge is -2.15. The molecular weight excluding hydrogens is 394 g/mol. The van der Waals surface area contributed by atoms with Gasteiger partial charge in [-0.25, -0.2) is 9.97 Å². The Morgan fingerprint density at radius 2 is 2.04 bits per heavy atom. The molecule has 148 valence electrons. The number of benzene rings is 1. The van der Waals surface area contributed by atoms with E-state index in [1.54, 1.807) is 37.9 Å². The predicted molar refractivity (Wildman–Crippen MR) is 117 cm³/mol. The lowest BCUT2D eigenvalue weighted by molar-refractivity contribution is -0.109. The Labute approximate surface area is 173 Å². The molecule has 1 amide bonds. The van der Waals surface area contributed by atoms with Crippen LogP contribution in [0.25, 0.3) is 10.2 Å². The van der Waals surface area contributed by atoms with Gasteiger partial charge in [0.2, 0.25) is 6.41 Å². The fourth-order valence-electron chi connectivity index (χ4n) is 3.16. The van der Waals surface area contributed by atoms with Crippen molar-refractivity contribution in [2.45, 2.75) is 30.6 Å². The summed E-state index contributed by atoms with van der Waals surface area (Å²) in [6, 6.07) is 3.64. The number of aromatic nitrogens is 2. The van der Waals surface area contributed by atoms with Gasteiger partial charge in [0.15, 0.2) is 0 Å². The van der Waals surface area contributed by atoms with E-state index in [0.29, 0.717) is 22.7 Å². The number of anilines is 3. The van der Waals surface area contributed by atoms with Crippen molar-refractivity contribution >= 4 is 57.8 Å². The van der Waals surface area contributed by atoms with Crippen LogP contribution >= 0.6 is 24.0 Å². The number of aryl methyl sites for hydroxylation is 2. The summed E-state index contributed by atoms with van der Waals surface area (Å²) in [6.07, 6.45) is 6.94. The van der Waals surface area contributed by atoms with Gasteiger partial charge in [0.05, 0.1) is 18.2 Å². The standard InChI is InChI=1S/C17H18N4OS2.C2H5NO/c1-22-12-6-10(18)13(23)7-11(12)21-16-15-9-4-2-3-5-14(9)24-17(15)20-8-19-16;1-3-2-4/h6-8,23H,2-5,18H2,1H3,(H,19,20,21);2H,1H3,(H,3,4). The van der Waals surface area contributed by atoms with Crippen LogP contribution < -0.4 is 21.1 Å². The number of nitrogens with two attached hydrogens (primary N) is 1. The molecule has 0 atom stereocenters. The molecule has 9 heteroatoms. The third-order valence-electron chi connectivity index (χ3n) is 4.47. The number of methoxy groups -OCH3 is 1. The first-order valence-corrected chi connectivity index (χ1v) is 10.1. The van der Waals surface area contributed by atoms with Crippen LogP contribution in [0.5, 0.6) is 5.75 Å². The topological polar surface area (TPSA) is 102 Å². The molecule has 0 saturated heterocycles. The molecule has 4 N–H and O–H groups in total. The van der Waals surface area contributed by atoms with Gasteiger partial charge in [0.1, 0.15) is 22.7 Å². The van der Waals surface area contributed by atoms with Gasteiger partial charge >= 0.3 is 0 Å². The molecule has 0 saturated carbocycles. The fraction of sp³-hybridized carbons (Fsp3) is 0.316. The molecule has 0 aliphatic heterocycles. The SMILES string of the molecule is CNC=O.COc1cc(N)c(S)cc1Nc1ncnc2sc3c(c12)CCCC3. The van der Waals surface area contributed by atoms with Crippen molar-refractivity contribution in [1.29, 1.82) is 0 Å². The van der Waals surface area contributed by atoms with Crippen LogP contribution in [0.4, 0.5) is 17.2 Å². The number of thiophene rings is 1. The molecule has 1 aromatic carbocycles. The van der Waals surface area contributed by atoms with Crippen molar-refractivity contribution in [3.8, 4) is 5.75 Å². The van der Waals surface area contributed by atoms with E-state index in [2.05, 4.69) is 33.2 Å². The van der Waals surface area contributed by atoms with Crippen molar-refractivity contribution in [3.63, 3.8) is 0 Å². The summed E-state index contributed by atoms with van der Waals surface area (Å²) in [7, 11) is 3.19. The molecule has 0 radical (unpaired) electrons. The van der Waals surface area contributed by atoms with E-state index < -0.39 is 0 Å². The third-order valence-corrected chi connectivity index (χ3v) is 6.06. The average molecular weight is 418 g/mol. The van der Waals surface area contributed by atoms with Crippen molar-refractivity contribution in [2.24, 2.45) is 0 Å². The maximum Gasteiger partial charge on any atom is 0.206 e. The Bertz CT molecular complexity index is 990.